The van der Waals surface area contributed by atoms with E-state index in [1.54, 1.807) is 24.3 Å². The predicted molar refractivity (Wildman–Crippen MR) is 274 cm³/mol. The van der Waals surface area contributed by atoms with Crippen LogP contribution in [0.15, 0.2) is 72.8 Å². The lowest BCUT2D eigenvalue weighted by Crippen LogP contribution is -2.60. The molecule has 10 atom stereocenters. The zero-order valence-electron chi connectivity index (χ0n) is 40.6. The van der Waals surface area contributed by atoms with Crippen LogP contribution >= 0.6 is 0 Å². The van der Waals surface area contributed by atoms with E-state index >= 15 is 0 Å². The van der Waals surface area contributed by atoms with Gasteiger partial charge >= 0.3 is 0 Å². The number of benzene rings is 2. The van der Waals surface area contributed by atoms with Gasteiger partial charge in [-0.3, -0.25) is 0 Å². The van der Waals surface area contributed by atoms with Gasteiger partial charge in [0.15, 0.2) is 0 Å². The van der Waals surface area contributed by atoms with E-state index < -0.39 is 74.6 Å². The number of unbranched alkanes of at least 4 members (excludes halogenated alkanes) is 6. The number of aromatic nitrogens is 4. The summed E-state index contributed by atoms with van der Waals surface area (Å²) < 4.78 is 23.2. The molecule has 5 aromatic rings. The molecule has 8 bridgehead atoms. The first-order valence-corrected chi connectivity index (χ1v) is 25.3. The molecule has 382 valence electrons. The van der Waals surface area contributed by atoms with Crippen molar-refractivity contribution in [1.82, 2.24) is 19.9 Å². The topological polar surface area (TPSA) is 256 Å². The largest absolute Gasteiger partial charge is 0.462 e. The lowest BCUT2D eigenvalue weighted by molar-refractivity contribution is -0.277. The molecule has 0 spiro atoms. The molecule has 0 radical (unpaired) electrons. The maximum Gasteiger partial charge on any atom is 0.229 e. The highest BCUT2D eigenvalue weighted by atomic mass is 16.7. The Hall–Kier alpha value is -5.76. The van der Waals surface area contributed by atoms with Gasteiger partial charge in [-0.1, -0.05) is 76.6 Å². The normalized spacial score (nSPS) is 25.0. The van der Waals surface area contributed by atoms with Crippen LogP contribution in [-0.2, 0) is 22.3 Å². The third kappa shape index (κ3) is 10.8. The number of aliphatic hydroxyl groups is 8. The van der Waals surface area contributed by atoms with Crippen molar-refractivity contribution >= 4 is 46.4 Å². The van der Waals surface area contributed by atoms with Gasteiger partial charge in [0.2, 0.25) is 12.6 Å². The van der Waals surface area contributed by atoms with Crippen molar-refractivity contribution in [3.63, 3.8) is 0 Å². The van der Waals surface area contributed by atoms with E-state index in [0.29, 0.717) is 11.5 Å². The lowest BCUT2D eigenvalue weighted by atomic mass is 9.99. The molecule has 72 heavy (non-hydrogen) atoms. The van der Waals surface area contributed by atoms with Crippen LogP contribution in [0.3, 0.4) is 0 Å². The summed E-state index contributed by atoms with van der Waals surface area (Å²) >= 11 is 0. The van der Waals surface area contributed by atoms with Crippen LogP contribution in [0, 0.1) is 0 Å². The molecular weight excluding hydrogens is 921 g/mol. The molecule has 2 aromatic carbocycles. The van der Waals surface area contributed by atoms with E-state index in [-0.39, 0.29) is 0 Å². The van der Waals surface area contributed by atoms with Crippen LogP contribution in [-0.4, -0.2) is 135 Å². The molecule has 4 aliphatic heterocycles. The number of hydrogen-bond acceptors (Lipinski definition) is 14. The van der Waals surface area contributed by atoms with Gasteiger partial charge in [0.25, 0.3) is 0 Å². The van der Waals surface area contributed by atoms with E-state index in [1.807, 2.05) is 36.4 Å². The predicted octanol–water partition coefficient (Wildman–Crippen LogP) is 6.59. The van der Waals surface area contributed by atoms with Gasteiger partial charge < -0.3 is 69.8 Å². The number of ether oxygens (including phenoxy) is 4. The van der Waals surface area contributed by atoms with Gasteiger partial charge in [0, 0.05) is 44.3 Å². The molecule has 0 aliphatic carbocycles. The Morgan fingerprint density at radius 3 is 1.19 bits per heavy atom. The van der Waals surface area contributed by atoms with Crippen molar-refractivity contribution in [2.24, 2.45) is 0 Å². The summed E-state index contributed by atoms with van der Waals surface area (Å²) in [7, 11) is 0. The number of aromatic amines is 2. The van der Waals surface area contributed by atoms with Gasteiger partial charge in [0.1, 0.15) is 60.3 Å². The van der Waals surface area contributed by atoms with Crippen LogP contribution in [0.4, 0.5) is 0 Å². The Morgan fingerprint density at radius 1 is 0.444 bits per heavy atom. The number of H-pyrrole nitrogens is 2. The first kappa shape index (κ1) is 51.2. The van der Waals surface area contributed by atoms with Crippen LogP contribution < -0.4 is 9.47 Å². The third-order valence-corrected chi connectivity index (χ3v) is 14.0. The van der Waals surface area contributed by atoms with Crippen molar-refractivity contribution in [3.8, 4) is 33.8 Å². The lowest BCUT2D eigenvalue weighted by Gasteiger charge is -2.39. The quantitative estimate of drug-likeness (QED) is 0.0407. The monoisotopic (exact) mass is 986 g/mol. The molecule has 4 aliphatic rings. The number of nitrogens with zero attached hydrogens (tertiary/aromatic N) is 2. The SMILES string of the molecule is CCCCCCc1c2nc(c(-c3ccc(O[C@@H]4OC(CO)[C@H](O)C(O)C4O)cc3)c3ccc([nH]3)c(CCCCCC)c3nc(c(-c4ccc(OC5O[C@H](CO)C(O)C(O)[C@H]5O)cc4)c4ccc1[nH]4)C=C3)C=C2. The molecule has 0 amide bonds. The highest BCUT2D eigenvalue weighted by Crippen LogP contribution is 2.37. The van der Waals surface area contributed by atoms with Crippen LogP contribution in [0.2, 0.25) is 0 Å². The number of fused-ring (bicyclic) bond motifs is 8. The smallest absolute Gasteiger partial charge is 0.229 e. The molecule has 16 heteroatoms. The molecule has 9 rings (SSSR count). The second kappa shape index (κ2) is 23.0. The molecule has 2 saturated heterocycles. The maximum absolute atomic E-state index is 10.7. The van der Waals surface area contributed by atoms with E-state index in [1.165, 1.54) is 0 Å². The zero-order valence-corrected chi connectivity index (χ0v) is 40.6. The van der Waals surface area contributed by atoms with E-state index in [2.05, 4.69) is 60.2 Å². The van der Waals surface area contributed by atoms with Gasteiger partial charge in [-0.2, -0.15) is 0 Å². The van der Waals surface area contributed by atoms with Crippen LogP contribution in [0.5, 0.6) is 11.5 Å². The highest BCUT2D eigenvalue weighted by Gasteiger charge is 2.46. The Kier molecular flexibility index (Phi) is 16.3. The number of aryl methyl sites for hydroxylation is 2. The van der Waals surface area contributed by atoms with Crippen molar-refractivity contribution < 1.29 is 59.8 Å². The molecule has 2 fully saturated rings. The number of rotatable bonds is 18. The molecule has 3 aromatic heterocycles. The molecule has 16 nitrogen and oxygen atoms in total. The minimum atomic E-state index is -1.57. The summed E-state index contributed by atoms with van der Waals surface area (Å²) in [6, 6.07) is 22.9. The van der Waals surface area contributed by atoms with Gasteiger partial charge in [-0.15, -0.1) is 0 Å². The Bertz CT molecular complexity index is 2680. The van der Waals surface area contributed by atoms with Gasteiger partial charge in [0.05, 0.1) is 36.0 Å². The summed E-state index contributed by atoms with van der Waals surface area (Å²) in [5.41, 5.74) is 12.2. The summed E-state index contributed by atoms with van der Waals surface area (Å²) in [5, 5.41) is 82.2. The number of nitrogens with one attached hydrogen (secondary N) is 2. The Balaban J connectivity index is 1.18. The standard InChI is InChI=1S/C56H66N4O12/c1-3-5-7-9-11-35-37-21-25-41(57-37)47(31-13-17-33(18-14-31)69-55-53(67)51(65)49(63)45(29-61)71-55)43-27-23-39(59-43)36(12-10-8-6-4-2)40-24-28-44(60-40)48(42-26-22-38(35)58-42)32-15-19-34(20-16-32)70-56-54(68)52(66)50(64)46(30-62)72-56/h13-28,45-46,49-57,60-68H,3-12,29-30H2,1-2H3/t45-,46?,49?,50+,51?,52?,53-,54?,55?,56-/m1/s1. The average molecular weight is 987 g/mol. The highest BCUT2D eigenvalue weighted by molar-refractivity contribution is 5.94. The van der Waals surface area contributed by atoms with Crippen LogP contribution in [0.25, 0.3) is 68.6 Å². The van der Waals surface area contributed by atoms with Gasteiger partial charge in [-0.25, -0.2) is 9.97 Å². The van der Waals surface area contributed by atoms with E-state index in [9.17, 15) is 40.9 Å². The summed E-state index contributed by atoms with van der Waals surface area (Å²) in [6.45, 7) is 3.26. The van der Waals surface area contributed by atoms with Crippen molar-refractivity contribution in [3.05, 3.63) is 107 Å². The Labute approximate surface area is 417 Å². The number of hydrogen-bond donors (Lipinski definition) is 10. The summed E-state index contributed by atoms with van der Waals surface area (Å²) in [5.74, 6) is 0.694. The van der Waals surface area contributed by atoms with E-state index in [4.69, 9.17) is 28.9 Å². The molecule has 10 N–H and O–H groups in total. The zero-order chi connectivity index (χ0) is 50.5. The second-order valence-electron chi connectivity index (χ2n) is 19.0. The fourth-order valence-electron chi connectivity index (χ4n) is 9.91. The van der Waals surface area contributed by atoms with E-state index in [0.717, 1.165) is 142 Å². The maximum atomic E-state index is 10.7. The van der Waals surface area contributed by atoms with Gasteiger partial charge in [-0.05, 0) is 110 Å². The number of aliphatic hydroxyl groups excluding tert-OH is 8. The van der Waals surface area contributed by atoms with Crippen molar-refractivity contribution in [2.45, 2.75) is 139 Å². The molecular formula is C56H66N4O12. The average Bonchev–Trinajstić information content (AvgIpc) is 4.26. The third-order valence-electron chi connectivity index (χ3n) is 14.0. The Morgan fingerprint density at radius 2 is 0.819 bits per heavy atom. The summed E-state index contributed by atoms with van der Waals surface area (Å²) in [4.78, 5) is 18.3. The van der Waals surface area contributed by atoms with Crippen LogP contribution in [0.1, 0.15) is 99.1 Å². The second-order valence-corrected chi connectivity index (χ2v) is 19.0. The first-order chi connectivity index (χ1) is 35.0. The minimum absolute atomic E-state index is 0.347. The fourth-order valence-corrected chi connectivity index (χ4v) is 9.91. The molecule has 7 heterocycles. The van der Waals surface area contributed by atoms with Crippen molar-refractivity contribution in [2.75, 3.05) is 13.2 Å². The minimum Gasteiger partial charge on any atom is -0.462 e. The molecule has 6 unspecified atom stereocenters. The summed E-state index contributed by atoms with van der Waals surface area (Å²) in [6.07, 6.45) is 4.14. The first-order valence-electron chi connectivity index (χ1n) is 25.3. The van der Waals surface area contributed by atoms with Crippen molar-refractivity contribution in [1.29, 1.82) is 0 Å². The fraction of sp³-hybridized carbons (Fsp3) is 0.429. The molecule has 0 saturated carbocycles.